The van der Waals surface area contributed by atoms with E-state index in [2.05, 4.69) is 22.4 Å². The zero-order valence-electron chi connectivity index (χ0n) is 20.4. The van der Waals surface area contributed by atoms with Crippen LogP contribution >= 0.6 is 0 Å². The van der Waals surface area contributed by atoms with Crippen molar-refractivity contribution in [1.82, 2.24) is 4.98 Å². The first-order valence-electron chi connectivity index (χ1n) is 11.6. The van der Waals surface area contributed by atoms with Gasteiger partial charge in [0.1, 0.15) is 24.0 Å². The normalized spacial score (nSPS) is 10.6. The lowest BCUT2D eigenvalue weighted by atomic mass is 10.0. The highest BCUT2D eigenvalue weighted by molar-refractivity contribution is 5.95. The molecule has 7 nitrogen and oxygen atoms in total. The van der Waals surface area contributed by atoms with Crippen molar-refractivity contribution in [2.45, 2.75) is 27.0 Å². The van der Waals surface area contributed by atoms with Crippen LogP contribution in [0.4, 0.5) is 5.69 Å². The lowest BCUT2D eigenvalue weighted by molar-refractivity contribution is 0.300. The van der Waals surface area contributed by atoms with Gasteiger partial charge in [0.15, 0.2) is 0 Å². The van der Waals surface area contributed by atoms with Crippen molar-refractivity contribution in [1.29, 1.82) is 10.8 Å². The number of hydrogen-bond acceptors (Lipinski definition) is 5. The number of aryl methyl sites for hydroxylation is 1. The smallest absolute Gasteiger partial charge is 0.144 e. The van der Waals surface area contributed by atoms with Crippen molar-refractivity contribution in [3.63, 3.8) is 0 Å². The highest BCUT2D eigenvalue weighted by atomic mass is 16.5. The number of nitrogens with zero attached hydrogens (tertiary/aromatic N) is 1. The van der Waals surface area contributed by atoms with Gasteiger partial charge in [-0.3, -0.25) is 15.8 Å². The van der Waals surface area contributed by atoms with Crippen molar-refractivity contribution in [3.05, 3.63) is 113 Å². The zero-order chi connectivity index (χ0) is 25.7. The Balaban J connectivity index is 1.40. The van der Waals surface area contributed by atoms with E-state index in [0.29, 0.717) is 24.3 Å². The molecule has 3 aromatic carbocycles. The maximum absolute atomic E-state index is 7.53. The largest absolute Gasteiger partial charge is 0.487 e. The van der Waals surface area contributed by atoms with Crippen molar-refractivity contribution < 1.29 is 4.74 Å². The molecule has 0 amide bonds. The molecule has 0 aliphatic carbocycles. The van der Waals surface area contributed by atoms with E-state index in [4.69, 9.17) is 27.0 Å². The number of anilines is 1. The van der Waals surface area contributed by atoms with Gasteiger partial charge in [-0.25, -0.2) is 0 Å². The van der Waals surface area contributed by atoms with Gasteiger partial charge in [0.2, 0.25) is 0 Å². The fourth-order valence-corrected chi connectivity index (χ4v) is 3.89. The second-order valence-electron chi connectivity index (χ2n) is 8.64. The van der Waals surface area contributed by atoms with E-state index in [1.54, 1.807) is 0 Å². The molecule has 1 aromatic heterocycles. The maximum Gasteiger partial charge on any atom is 0.144 e. The minimum Gasteiger partial charge on any atom is -0.487 e. The summed E-state index contributed by atoms with van der Waals surface area (Å²) in [7, 11) is 0. The Morgan fingerprint density at radius 3 is 1.89 bits per heavy atom. The maximum atomic E-state index is 7.53. The Morgan fingerprint density at radius 1 is 0.806 bits per heavy atom. The number of ether oxygens (including phenoxy) is 1. The van der Waals surface area contributed by atoms with Gasteiger partial charge >= 0.3 is 0 Å². The van der Waals surface area contributed by atoms with Crippen LogP contribution in [0.15, 0.2) is 79.0 Å². The van der Waals surface area contributed by atoms with E-state index < -0.39 is 0 Å². The number of pyridine rings is 1. The van der Waals surface area contributed by atoms with Crippen molar-refractivity contribution in [2.24, 2.45) is 11.5 Å². The molecule has 0 radical (unpaired) electrons. The molecule has 0 unspecified atom stereocenters. The van der Waals surface area contributed by atoms with Crippen LogP contribution < -0.4 is 21.5 Å². The molecule has 0 saturated carbocycles. The predicted molar refractivity (Wildman–Crippen MR) is 146 cm³/mol. The highest BCUT2D eigenvalue weighted by Crippen LogP contribution is 2.27. The average molecular weight is 479 g/mol. The van der Waals surface area contributed by atoms with Crippen LogP contribution in [0, 0.1) is 24.7 Å². The first-order chi connectivity index (χ1) is 17.3. The summed E-state index contributed by atoms with van der Waals surface area (Å²) in [5.41, 5.74) is 19.6. The summed E-state index contributed by atoms with van der Waals surface area (Å²) >= 11 is 0. The lowest BCUT2D eigenvalue weighted by Crippen LogP contribution is -2.11. The van der Waals surface area contributed by atoms with Crippen LogP contribution in [0.25, 0.3) is 11.1 Å². The molecule has 36 heavy (non-hydrogen) atoms. The monoisotopic (exact) mass is 478 g/mol. The van der Waals surface area contributed by atoms with Gasteiger partial charge < -0.3 is 21.5 Å². The van der Waals surface area contributed by atoms with Gasteiger partial charge in [0.05, 0.1) is 5.69 Å². The summed E-state index contributed by atoms with van der Waals surface area (Å²) in [6, 6.07) is 23.4. The lowest BCUT2D eigenvalue weighted by Gasteiger charge is -2.16. The van der Waals surface area contributed by atoms with E-state index in [9.17, 15) is 0 Å². The Morgan fingerprint density at radius 2 is 1.33 bits per heavy atom. The summed E-state index contributed by atoms with van der Waals surface area (Å²) in [4.78, 5) is 4.54. The zero-order valence-corrected chi connectivity index (χ0v) is 20.4. The number of nitrogens with two attached hydrogens (primary N) is 2. The SMILES string of the molecule is Cc1ncc(CNc2ccc(-c3ccc(C(=N)N)cc3)cc2)c(C)c1OCc1ccc(C(=N)N)cc1. The molecule has 182 valence electrons. The van der Waals surface area contributed by atoms with Crippen LogP contribution in [0.1, 0.15) is 33.5 Å². The van der Waals surface area contributed by atoms with Gasteiger partial charge in [0, 0.05) is 29.6 Å². The molecule has 0 spiro atoms. The Hall–Kier alpha value is -4.65. The predicted octanol–water partition coefficient (Wildman–Crippen LogP) is 5.12. The van der Waals surface area contributed by atoms with E-state index in [-0.39, 0.29) is 11.7 Å². The molecule has 7 heteroatoms. The van der Waals surface area contributed by atoms with Gasteiger partial charge in [-0.15, -0.1) is 0 Å². The number of nitrogens with one attached hydrogen (secondary N) is 3. The van der Waals surface area contributed by atoms with Crippen molar-refractivity contribution in [3.8, 4) is 16.9 Å². The summed E-state index contributed by atoms with van der Waals surface area (Å²) in [6.45, 7) is 5.02. The minimum atomic E-state index is 0.0523. The second-order valence-corrected chi connectivity index (χ2v) is 8.64. The molecule has 0 atom stereocenters. The molecular formula is C29H30N6O. The van der Waals surface area contributed by atoms with Crippen LogP contribution in [-0.2, 0) is 13.2 Å². The molecule has 4 aromatic rings. The summed E-state index contributed by atoms with van der Waals surface area (Å²) in [5.74, 6) is 0.907. The van der Waals surface area contributed by atoms with Crippen molar-refractivity contribution in [2.75, 3.05) is 5.32 Å². The average Bonchev–Trinajstić information content (AvgIpc) is 2.89. The summed E-state index contributed by atoms with van der Waals surface area (Å²) in [6.07, 6.45) is 1.89. The first kappa shape index (κ1) is 24.5. The van der Waals surface area contributed by atoms with Gasteiger partial charge in [-0.2, -0.15) is 0 Å². The summed E-state index contributed by atoms with van der Waals surface area (Å²) < 4.78 is 6.14. The van der Waals surface area contributed by atoms with Crippen LogP contribution in [0.2, 0.25) is 0 Å². The van der Waals surface area contributed by atoms with E-state index in [0.717, 1.165) is 44.9 Å². The third kappa shape index (κ3) is 5.70. The highest BCUT2D eigenvalue weighted by Gasteiger charge is 2.11. The number of amidine groups is 2. The molecule has 1 heterocycles. The van der Waals surface area contributed by atoms with Crippen LogP contribution in [-0.4, -0.2) is 16.7 Å². The molecule has 0 aliphatic rings. The fourth-order valence-electron chi connectivity index (χ4n) is 3.89. The van der Waals surface area contributed by atoms with Crippen molar-refractivity contribution >= 4 is 17.4 Å². The Kier molecular flexibility index (Phi) is 7.30. The molecular weight excluding hydrogens is 448 g/mol. The molecule has 0 bridgehead atoms. The molecule has 0 saturated heterocycles. The van der Waals surface area contributed by atoms with Gasteiger partial charge in [-0.1, -0.05) is 60.7 Å². The molecule has 4 rings (SSSR count). The standard InChI is InChI=1S/C29H30N6O/c1-18-25(15-34-19(2)27(18)36-17-20-3-5-23(6-4-20)28(30)31)16-35-26-13-11-22(12-14-26)21-7-9-24(10-8-21)29(32)33/h3-15,35H,16-17H2,1-2H3,(H3,30,31)(H3,32,33). The molecule has 0 aliphatic heterocycles. The third-order valence-electron chi connectivity index (χ3n) is 6.11. The number of aromatic nitrogens is 1. The van der Waals surface area contributed by atoms with E-state index in [1.165, 1.54) is 0 Å². The van der Waals surface area contributed by atoms with Crippen LogP contribution in [0.5, 0.6) is 5.75 Å². The summed E-state index contributed by atoms with van der Waals surface area (Å²) in [5, 5.41) is 18.5. The number of hydrogen-bond donors (Lipinski definition) is 5. The fraction of sp³-hybridized carbons (Fsp3) is 0.138. The van der Waals surface area contributed by atoms with Gasteiger partial charge in [-0.05, 0) is 53.8 Å². The number of benzene rings is 3. The number of nitrogen functional groups attached to an aromatic ring is 2. The van der Waals surface area contributed by atoms with Crippen LogP contribution in [0.3, 0.4) is 0 Å². The Bertz CT molecular complexity index is 1380. The first-order valence-corrected chi connectivity index (χ1v) is 11.6. The molecule has 7 N–H and O–H groups in total. The Labute approximate surface area is 211 Å². The van der Waals surface area contributed by atoms with E-state index >= 15 is 0 Å². The topological polar surface area (TPSA) is 134 Å². The minimum absolute atomic E-state index is 0.0523. The quantitative estimate of drug-likeness (QED) is 0.168. The van der Waals surface area contributed by atoms with E-state index in [1.807, 2.05) is 80.7 Å². The second kappa shape index (κ2) is 10.7. The third-order valence-corrected chi connectivity index (χ3v) is 6.11. The number of rotatable bonds is 9. The molecule has 0 fully saturated rings. The van der Waals surface area contributed by atoms with Gasteiger partial charge in [0.25, 0.3) is 0 Å².